The van der Waals surface area contributed by atoms with Gasteiger partial charge in [-0.05, 0) is 37.5 Å². The van der Waals surface area contributed by atoms with E-state index >= 15 is 0 Å². The Kier molecular flexibility index (Phi) is 5.78. The summed E-state index contributed by atoms with van der Waals surface area (Å²) in [7, 11) is 0. The monoisotopic (exact) mass is 347 g/mol. The van der Waals surface area contributed by atoms with Crippen LogP contribution in [0.3, 0.4) is 0 Å². The van der Waals surface area contributed by atoms with Gasteiger partial charge in [-0.25, -0.2) is 4.68 Å². The normalized spacial score (nSPS) is 10.9. The van der Waals surface area contributed by atoms with Crippen molar-refractivity contribution >= 4 is 29.1 Å². The van der Waals surface area contributed by atoms with Crippen molar-refractivity contribution in [2.24, 2.45) is 0 Å². The van der Waals surface area contributed by atoms with Crippen LogP contribution in [0.1, 0.15) is 54.4 Å². The minimum Gasteiger partial charge on any atom is -0.325 e. The standard InChI is InChI=1S/C18H22ClN3O2/c1-11(2)18-12(3)21-22(13(18)4)17(24)10-9-16(23)20-15-8-6-5-7-14(15)19/h5-8,11H,9-10H2,1-4H3,(H,20,23). The van der Waals surface area contributed by atoms with Crippen LogP contribution in [0.15, 0.2) is 24.3 Å². The quantitative estimate of drug-likeness (QED) is 0.875. The zero-order chi connectivity index (χ0) is 17.9. The molecule has 1 N–H and O–H groups in total. The smallest absolute Gasteiger partial charge is 0.247 e. The number of halogens is 1. The summed E-state index contributed by atoms with van der Waals surface area (Å²) in [5, 5.41) is 7.51. The van der Waals surface area contributed by atoms with Crippen molar-refractivity contribution in [3.05, 3.63) is 46.2 Å². The zero-order valence-corrected chi connectivity index (χ0v) is 15.1. The zero-order valence-electron chi connectivity index (χ0n) is 14.4. The molecule has 5 nitrogen and oxygen atoms in total. The molecule has 2 aromatic rings. The lowest BCUT2D eigenvalue weighted by Gasteiger charge is -2.08. The Bertz CT molecular complexity index is 766. The van der Waals surface area contributed by atoms with E-state index in [9.17, 15) is 9.59 Å². The highest BCUT2D eigenvalue weighted by Crippen LogP contribution is 2.23. The first kappa shape index (κ1) is 18.2. The molecule has 2 rings (SSSR count). The number of anilines is 1. The van der Waals surface area contributed by atoms with Crippen LogP contribution in [0.2, 0.25) is 5.02 Å². The number of carbonyl (C=O) groups is 2. The van der Waals surface area contributed by atoms with E-state index in [1.807, 2.05) is 13.8 Å². The molecule has 0 aliphatic carbocycles. The van der Waals surface area contributed by atoms with Crippen molar-refractivity contribution in [3.63, 3.8) is 0 Å². The van der Waals surface area contributed by atoms with Crippen LogP contribution in [-0.2, 0) is 4.79 Å². The van der Waals surface area contributed by atoms with Crippen molar-refractivity contribution in [1.82, 2.24) is 9.78 Å². The van der Waals surface area contributed by atoms with Gasteiger partial charge in [0.15, 0.2) is 0 Å². The van der Waals surface area contributed by atoms with E-state index in [1.54, 1.807) is 24.3 Å². The van der Waals surface area contributed by atoms with E-state index in [-0.39, 0.29) is 24.7 Å². The van der Waals surface area contributed by atoms with Gasteiger partial charge in [-0.3, -0.25) is 9.59 Å². The molecule has 1 heterocycles. The molecule has 0 saturated carbocycles. The van der Waals surface area contributed by atoms with Gasteiger partial charge in [0.25, 0.3) is 0 Å². The van der Waals surface area contributed by atoms with Crippen LogP contribution in [0.5, 0.6) is 0 Å². The first-order chi connectivity index (χ1) is 11.3. The number of aromatic nitrogens is 2. The number of benzene rings is 1. The number of hydrogen-bond donors (Lipinski definition) is 1. The van der Waals surface area contributed by atoms with E-state index < -0.39 is 0 Å². The van der Waals surface area contributed by atoms with Crippen molar-refractivity contribution < 1.29 is 9.59 Å². The van der Waals surface area contributed by atoms with E-state index in [2.05, 4.69) is 24.3 Å². The number of rotatable bonds is 5. The second-order valence-corrected chi connectivity index (χ2v) is 6.48. The Morgan fingerprint density at radius 3 is 2.46 bits per heavy atom. The third kappa shape index (κ3) is 4.03. The third-order valence-electron chi connectivity index (χ3n) is 3.87. The first-order valence-electron chi connectivity index (χ1n) is 7.95. The molecule has 0 saturated heterocycles. The average molecular weight is 348 g/mol. The molecule has 6 heteroatoms. The van der Waals surface area contributed by atoms with E-state index in [0.29, 0.717) is 16.6 Å². The van der Waals surface area contributed by atoms with Crippen LogP contribution < -0.4 is 5.32 Å². The highest BCUT2D eigenvalue weighted by atomic mass is 35.5. The summed E-state index contributed by atoms with van der Waals surface area (Å²) < 4.78 is 1.41. The molecular formula is C18H22ClN3O2. The molecule has 1 aromatic heterocycles. The number of carbonyl (C=O) groups excluding carboxylic acids is 2. The highest BCUT2D eigenvalue weighted by molar-refractivity contribution is 6.33. The fourth-order valence-corrected chi connectivity index (χ4v) is 3.02. The van der Waals surface area contributed by atoms with Gasteiger partial charge >= 0.3 is 0 Å². The number of para-hydroxylation sites is 1. The molecule has 0 atom stereocenters. The van der Waals surface area contributed by atoms with Gasteiger partial charge in [-0.1, -0.05) is 37.6 Å². The number of nitrogens with zero attached hydrogens (tertiary/aromatic N) is 2. The lowest BCUT2D eigenvalue weighted by Crippen LogP contribution is -2.18. The highest BCUT2D eigenvalue weighted by Gasteiger charge is 2.19. The molecule has 24 heavy (non-hydrogen) atoms. The minimum atomic E-state index is -0.248. The summed E-state index contributed by atoms with van der Waals surface area (Å²) >= 11 is 6.00. The van der Waals surface area contributed by atoms with Crippen molar-refractivity contribution in [2.75, 3.05) is 5.32 Å². The van der Waals surface area contributed by atoms with Crippen molar-refractivity contribution in [2.45, 2.75) is 46.5 Å². The van der Waals surface area contributed by atoms with Gasteiger partial charge in [-0.2, -0.15) is 5.10 Å². The van der Waals surface area contributed by atoms with Crippen LogP contribution in [0.25, 0.3) is 0 Å². The predicted octanol–water partition coefficient (Wildman–Crippen LogP) is 4.34. The molecule has 0 aliphatic rings. The average Bonchev–Trinajstić information content (AvgIpc) is 2.82. The molecule has 1 amide bonds. The second-order valence-electron chi connectivity index (χ2n) is 6.07. The molecule has 0 aliphatic heterocycles. The summed E-state index contributed by atoms with van der Waals surface area (Å²) in [5.74, 6) is -0.131. The predicted molar refractivity (Wildman–Crippen MR) is 95.7 cm³/mol. The maximum atomic E-state index is 12.4. The molecule has 0 fully saturated rings. The minimum absolute atomic E-state index is 0.0828. The number of aryl methyl sites for hydroxylation is 1. The van der Waals surface area contributed by atoms with Crippen LogP contribution in [0.4, 0.5) is 5.69 Å². The van der Waals surface area contributed by atoms with Crippen LogP contribution in [0, 0.1) is 13.8 Å². The number of hydrogen-bond acceptors (Lipinski definition) is 3. The molecule has 0 bridgehead atoms. The Labute approximate surface area is 147 Å². The van der Waals surface area contributed by atoms with Crippen LogP contribution in [-0.4, -0.2) is 21.6 Å². The summed E-state index contributed by atoms with van der Waals surface area (Å²) in [6.07, 6.45) is 0.176. The summed E-state index contributed by atoms with van der Waals surface area (Å²) in [6.45, 7) is 7.93. The summed E-state index contributed by atoms with van der Waals surface area (Å²) in [6, 6.07) is 7.00. The number of amides is 1. The van der Waals surface area contributed by atoms with Crippen molar-refractivity contribution in [3.8, 4) is 0 Å². The lowest BCUT2D eigenvalue weighted by atomic mass is 10.0. The molecule has 0 radical (unpaired) electrons. The SMILES string of the molecule is Cc1nn(C(=O)CCC(=O)Nc2ccccc2Cl)c(C)c1C(C)C. The topological polar surface area (TPSA) is 64.0 Å². The van der Waals surface area contributed by atoms with E-state index in [0.717, 1.165) is 17.0 Å². The lowest BCUT2D eigenvalue weighted by molar-refractivity contribution is -0.116. The summed E-state index contributed by atoms with van der Waals surface area (Å²) in [5.41, 5.74) is 3.34. The van der Waals surface area contributed by atoms with Crippen molar-refractivity contribution in [1.29, 1.82) is 0 Å². The molecule has 0 unspecified atom stereocenters. The van der Waals surface area contributed by atoms with E-state index in [1.165, 1.54) is 4.68 Å². The van der Waals surface area contributed by atoms with Gasteiger partial charge in [-0.15, -0.1) is 0 Å². The van der Waals surface area contributed by atoms with Gasteiger partial charge in [0.2, 0.25) is 11.8 Å². The Balaban J connectivity index is 2.00. The van der Waals surface area contributed by atoms with Gasteiger partial charge in [0, 0.05) is 18.5 Å². The molecule has 128 valence electrons. The second kappa shape index (κ2) is 7.62. The third-order valence-corrected chi connectivity index (χ3v) is 4.20. The first-order valence-corrected chi connectivity index (χ1v) is 8.32. The van der Waals surface area contributed by atoms with Gasteiger partial charge in [0.05, 0.1) is 16.4 Å². The van der Waals surface area contributed by atoms with Gasteiger partial charge in [0.1, 0.15) is 0 Å². The van der Waals surface area contributed by atoms with E-state index in [4.69, 9.17) is 11.6 Å². The fraction of sp³-hybridized carbons (Fsp3) is 0.389. The Morgan fingerprint density at radius 2 is 1.88 bits per heavy atom. The maximum absolute atomic E-state index is 12.4. The number of nitrogens with one attached hydrogen (secondary N) is 1. The van der Waals surface area contributed by atoms with Gasteiger partial charge < -0.3 is 5.32 Å². The maximum Gasteiger partial charge on any atom is 0.247 e. The fourth-order valence-electron chi connectivity index (χ4n) is 2.83. The Hall–Kier alpha value is -2.14. The largest absolute Gasteiger partial charge is 0.325 e. The van der Waals surface area contributed by atoms with Crippen LogP contribution >= 0.6 is 11.6 Å². The molecular weight excluding hydrogens is 326 g/mol. The molecule has 1 aromatic carbocycles. The Morgan fingerprint density at radius 1 is 1.21 bits per heavy atom. The molecule has 0 spiro atoms. The summed E-state index contributed by atoms with van der Waals surface area (Å²) in [4.78, 5) is 24.4.